The molecular formula is C20H21N3O6S2. The fourth-order valence-corrected chi connectivity index (χ4v) is 5.33. The summed E-state index contributed by atoms with van der Waals surface area (Å²) in [5.74, 6) is -1.34. The van der Waals surface area contributed by atoms with Crippen LogP contribution in [0.2, 0.25) is 0 Å². The van der Waals surface area contributed by atoms with Gasteiger partial charge in [0.05, 0.1) is 21.9 Å². The topological polar surface area (TPSA) is 135 Å². The maximum Gasteiger partial charge on any atom is 0.252 e. The Morgan fingerprint density at radius 2 is 1.58 bits per heavy atom. The van der Waals surface area contributed by atoms with E-state index in [1.165, 1.54) is 42.5 Å². The molecule has 1 aliphatic rings. The summed E-state index contributed by atoms with van der Waals surface area (Å²) >= 11 is 0. The van der Waals surface area contributed by atoms with Crippen LogP contribution in [-0.4, -0.2) is 45.5 Å². The van der Waals surface area contributed by atoms with E-state index in [1.54, 1.807) is 12.1 Å². The third-order valence-electron chi connectivity index (χ3n) is 4.83. The van der Waals surface area contributed by atoms with E-state index in [1.807, 2.05) is 6.92 Å². The van der Waals surface area contributed by atoms with Crippen LogP contribution in [0.15, 0.2) is 71.0 Å². The van der Waals surface area contributed by atoms with Gasteiger partial charge in [0.1, 0.15) is 6.04 Å². The molecule has 164 valence electrons. The highest BCUT2D eigenvalue weighted by molar-refractivity contribution is 7.89. The van der Waals surface area contributed by atoms with Gasteiger partial charge < -0.3 is 0 Å². The third kappa shape index (κ3) is 4.44. The average molecular weight is 464 g/mol. The van der Waals surface area contributed by atoms with Crippen LogP contribution in [0.25, 0.3) is 0 Å². The molecule has 2 amide bonds. The van der Waals surface area contributed by atoms with Crippen molar-refractivity contribution in [3.05, 3.63) is 66.7 Å². The summed E-state index contributed by atoms with van der Waals surface area (Å²) in [6.45, 7) is 5.21. The summed E-state index contributed by atoms with van der Waals surface area (Å²) in [7, 11) is -8.03. The molecular weight excluding hydrogens is 442 g/mol. The van der Waals surface area contributed by atoms with Crippen LogP contribution in [0, 0.1) is 6.92 Å². The van der Waals surface area contributed by atoms with E-state index in [2.05, 4.69) is 6.58 Å². The van der Waals surface area contributed by atoms with Gasteiger partial charge in [-0.2, -0.15) is 4.31 Å². The summed E-state index contributed by atoms with van der Waals surface area (Å²) in [5.41, 5.74) is 0.992. The quantitative estimate of drug-likeness (QED) is 0.483. The maximum absolute atomic E-state index is 13.2. The van der Waals surface area contributed by atoms with Crippen molar-refractivity contribution in [2.24, 2.45) is 5.14 Å². The SMILES string of the molecule is C=CCN(C1CC(=O)N(c2ccc(S(N)(=O)=O)cc2)C1=O)S(=O)(=O)c1ccc(C)cc1. The van der Waals surface area contributed by atoms with E-state index in [9.17, 15) is 26.4 Å². The molecule has 1 fully saturated rings. The van der Waals surface area contributed by atoms with E-state index in [0.717, 1.165) is 14.8 Å². The predicted molar refractivity (Wildman–Crippen MR) is 114 cm³/mol. The summed E-state index contributed by atoms with van der Waals surface area (Å²) in [6, 6.07) is 9.77. The van der Waals surface area contributed by atoms with Gasteiger partial charge in [0, 0.05) is 6.54 Å². The molecule has 0 aliphatic carbocycles. The largest absolute Gasteiger partial charge is 0.274 e. The van der Waals surface area contributed by atoms with E-state index in [4.69, 9.17) is 5.14 Å². The Labute approximate surface area is 180 Å². The molecule has 1 saturated heterocycles. The van der Waals surface area contributed by atoms with E-state index in [-0.39, 0.29) is 28.4 Å². The molecule has 3 rings (SSSR count). The number of sulfonamides is 2. The summed E-state index contributed by atoms with van der Waals surface area (Å²) in [6.07, 6.45) is 0.988. The van der Waals surface area contributed by atoms with Gasteiger partial charge in [0.25, 0.3) is 5.91 Å². The summed E-state index contributed by atoms with van der Waals surface area (Å²) < 4.78 is 50.2. The molecule has 0 bridgehead atoms. The molecule has 9 nitrogen and oxygen atoms in total. The number of carbonyl (C=O) groups excluding carboxylic acids is 2. The van der Waals surface area contributed by atoms with Crippen LogP contribution in [0.1, 0.15) is 12.0 Å². The zero-order valence-electron chi connectivity index (χ0n) is 16.6. The molecule has 1 heterocycles. The minimum Gasteiger partial charge on any atom is -0.274 e. The number of rotatable bonds is 7. The van der Waals surface area contributed by atoms with Crippen molar-refractivity contribution in [2.75, 3.05) is 11.4 Å². The maximum atomic E-state index is 13.2. The fraction of sp³-hybridized carbons (Fsp3) is 0.200. The molecule has 0 spiro atoms. The van der Waals surface area contributed by atoms with Gasteiger partial charge in [0.15, 0.2) is 0 Å². The smallest absolute Gasteiger partial charge is 0.252 e. The Hall–Kier alpha value is -2.86. The molecule has 0 radical (unpaired) electrons. The number of benzene rings is 2. The second-order valence-corrected chi connectivity index (χ2v) is 10.5. The van der Waals surface area contributed by atoms with Crippen molar-refractivity contribution in [1.29, 1.82) is 0 Å². The van der Waals surface area contributed by atoms with Crippen molar-refractivity contribution >= 4 is 37.5 Å². The van der Waals surface area contributed by atoms with Gasteiger partial charge >= 0.3 is 0 Å². The Morgan fingerprint density at radius 3 is 2.10 bits per heavy atom. The molecule has 2 aromatic rings. The molecule has 2 aromatic carbocycles. The van der Waals surface area contributed by atoms with Gasteiger partial charge in [-0.05, 0) is 43.3 Å². The monoisotopic (exact) mass is 463 g/mol. The molecule has 1 aliphatic heterocycles. The first kappa shape index (κ1) is 22.8. The van der Waals surface area contributed by atoms with Gasteiger partial charge in [-0.15, -0.1) is 6.58 Å². The van der Waals surface area contributed by atoms with Crippen LogP contribution < -0.4 is 10.0 Å². The van der Waals surface area contributed by atoms with Crippen LogP contribution in [0.5, 0.6) is 0 Å². The van der Waals surface area contributed by atoms with Crippen LogP contribution in [0.3, 0.4) is 0 Å². The first-order valence-electron chi connectivity index (χ1n) is 9.16. The Bertz CT molecular complexity index is 1240. The van der Waals surface area contributed by atoms with Crippen LogP contribution >= 0.6 is 0 Å². The zero-order valence-corrected chi connectivity index (χ0v) is 18.3. The highest BCUT2D eigenvalue weighted by Gasteiger charge is 2.46. The number of aryl methyl sites for hydroxylation is 1. The lowest BCUT2D eigenvalue weighted by Gasteiger charge is -2.25. The minimum atomic E-state index is -4.08. The number of hydrogen-bond acceptors (Lipinski definition) is 6. The number of primary sulfonamides is 1. The van der Waals surface area contributed by atoms with Crippen molar-refractivity contribution < 1.29 is 26.4 Å². The second kappa shape index (κ2) is 8.35. The normalized spacial score (nSPS) is 17.4. The van der Waals surface area contributed by atoms with Gasteiger partial charge in [0.2, 0.25) is 26.0 Å². The Balaban J connectivity index is 1.96. The number of hydrogen-bond donors (Lipinski definition) is 1. The van der Waals surface area contributed by atoms with E-state index >= 15 is 0 Å². The van der Waals surface area contributed by atoms with Gasteiger partial charge in [-0.1, -0.05) is 23.8 Å². The molecule has 2 N–H and O–H groups in total. The number of amides is 2. The first-order valence-corrected chi connectivity index (χ1v) is 12.1. The first-order chi connectivity index (χ1) is 14.5. The highest BCUT2D eigenvalue weighted by Crippen LogP contribution is 2.29. The van der Waals surface area contributed by atoms with Crippen molar-refractivity contribution in [3.8, 4) is 0 Å². The summed E-state index contributed by atoms with van der Waals surface area (Å²) in [5, 5.41) is 5.06. The standard InChI is InChI=1S/C20H21N3O6S2/c1-3-12-22(31(28,29)17-8-4-14(2)5-9-17)18-13-19(24)23(20(18)25)15-6-10-16(11-7-15)30(21,26)27/h3-11,18H,1,12-13H2,2H3,(H2,21,26,27). The Morgan fingerprint density at radius 1 is 1.03 bits per heavy atom. The molecule has 11 heteroatoms. The van der Waals surface area contributed by atoms with Crippen molar-refractivity contribution in [3.63, 3.8) is 0 Å². The lowest BCUT2D eigenvalue weighted by atomic mass is 10.2. The van der Waals surface area contributed by atoms with Crippen LogP contribution in [-0.2, 0) is 29.6 Å². The number of carbonyl (C=O) groups is 2. The van der Waals surface area contributed by atoms with Crippen LogP contribution in [0.4, 0.5) is 5.69 Å². The number of anilines is 1. The Kier molecular flexibility index (Phi) is 6.14. The zero-order chi connectivity index (χ0) is 23.0. The van der Waals surface area contributed by atoms with E-state index in [0.29, 0.717) is 0 Å². The summed E-state index contributed by atoms with van der Waals surface area (Å²) in [4.78, 5) is 26.3. The molecule has 1 atom stereocenters. The van der Waals surface area contributed by atoms with Gasteiger partial charge in [-0.3, -0.25) is 9.59 Å². The van der Waals surface area contributed by atoms with Crippen molar-refractivity contribution in [2.45, 2.75) is 29.2 Å². The molecule has 31 heavy (non-hydrogen) atoms. The number of nitrogens with two attached hydrogens (primary N) is 1. The predicted octanol–water partition coefficient (Wildman–Crippen LogP) is 1.15. The van der Waals surface area contributed by atoms with Crippen molar-refractivity contribution in [1.82, 2.24) is 4.31 Å². The minimum absolute atomic E-state index is 0.00356. The third-order valence-corrected chi connectivity index (χ3v) is 7.65. The lowest BCUT2D eigenvalue weighted by Crippen LogP contribution is -2.45. The molecule has 0 saturated carbocycles. The number of imide groups is 1. The average Bonchev–Trinajstić information content (AvgIpc) is 2.99. The lowest BCUT2D eigenvalue weighted by molar-refractivity contribution is -0.122. The molecule has 1 unspecified atom stereocenters. The molecule has 0 aromatic heterocycles. The number of nitrogens with zero attached hydrogens (tertiary/aromatic N) is 2. The highest BCUT2D eigenvalue weighted by atomic mass is 32.2. The second-order valence-electron chi connectivity index (χ2n) is 7.00. The van der Waals surface area contributed by atoms with Gasteiger partial charge in [-0.25, -0.2) is 26.9 Å². The fourth-order valence-electron chi connectivity index (χ4n) is 3.26. The van der Waals surface area contributed by atoms with E-state index < -0.39 is 37.9 Å².